The molecule has 16 heavy (non-hydrogen) atoms. The lowest BCUT2D eigenvalue weighted by atomic mass is 10.2. The van der Waals surface area contributed by atoms with Crippen LogP contribution in [-0.2, 0) is 6.54 Å². The van der Waals surface area contributed by atoms with Crippen LogP contribution in [0, 0.1) is 0 Å². The standard InChI is InChI=1S/C12H21N3O/c1-10(2)15(6-3-7-16)12-8-11(9-13)4-5-14-12/h4-5,8,10,16H,3,6-7,9,13H2,1-2H3. The summed E-state index contributed by atoms with van der Waals surface area (Å²) in [5.74, 6) is 0.936. The third kappa shape index (κ3) is 3.47. The summed E-state index contributed by atoms with van der Waals surface area (Å²) in [7, 11) is 0. The van der Waals surface area contributed by atoms with E-state index in [2.05, 4.69) is 23.7 Å². The molecule has 0 unspecified atom stereocenters. The molecule has 0 fully saturated rings. The van der Waals surface area contributed by atoms with Gasteiger partial charge in [0.05, 0.1) is 0 Å². The second-order valence-corrected chi connectivity index (χ2v) is 4.09. The molecular formula is C12H21N3O. The number of hydrogen-bond acceptors (Lipinski definition) is 4. The number of aliphatic hydroxyl groups excluding tert-OH is 1. The van der Waals surface area contributed by atoms with Gasteiger partial charge in [0, 0.05) is 31.9 Å². The maximum atomic E-state index is 8.88. The number of pyridine rings is 1. The summed E-state index contributed by atoms with van der Waals surface area (Å²) in [6, 6.07) is 4.30. The van der Waals surface area contributed by atoms with Gasteiger partial charge in [0.2, 0.25) is 0 Å². The van der Waals surface area contributed by atoms with Crippen molar-refractivity contribution in [1.29, 1.82) is 0 Å². The molecule has 0 amide bonds. The molecule has 0 atom stereocenters. The van der Waals surface area contributed by atoms with E-state index in [1.807, 2.05) is 12.1 Å². The summed E-state index contributed by atoms with van der Waals surface area (Å²) in [4.78, 5) is 6.53. The highest BCUT2D eigenvalue weighted by molar-refractivity contribution is 5.41. The molecule has 1 rings (SSSR count). The summed E-state index contributed by atoms with van der Waals surface area (Å²) in [5.41, 5.74) is 6.69. The van der Waals surface area contributed by atoms with Crippen LogP contribution in [0.2, 0.25) is 0 Å². The van der Waals surface area contributed by atoms with Crippen LogP contribution in [0.3, 0.4) is 0 Å². The molecule has 0 bridgehead atoms. The fourth-order valence-electron chi connectivity index (χ4n) is 1.62. The van der Waals surface area contributed by atoms with Gasteiger partial charge in [-0.3, -0.25) is 0 Å². The van der Waals surface area contributed by atoms with Crippen molar-refractivity contribution in [3.63, 3.8) is 0 Å². The van der Waals surface area contributed by atoms with Gasteiger partial charge >= 0.3 is 0 Å². The van der Waals surface area contributed by atoms with Gasteiger partial charge < -0.3 is 15.7 Å². The van der Waals surface area contributed by atoms with Crippen LogP contribution in [-0.4, -0.2) is 29.3 Å². The number of hydrogen-bond donors (Lipinski definition) is 2. The van der Waals surface area contributed by atoms with E-state index in [1.54, 1.807) is 6.20 Å². The Balaban J connectivity index is 2.82. The fourth-order valence-corrected chi connectivity index (χ4v) is 1.62. The Bertz CT molecular complexity index is 315. The predicted octanol–water partition coefficient (Wildman–Crippen LogP) is 1.14. The van der Waals surface area contributed by atoms with E-state index in [4.69, 9.17) is 10.8 Å². The summed E-state index contributed by atoms with van der Waals surface area (Å²) in [6.45, 7) is 5.79. The molecule has 3 N–H and O–H groups in total. The normalized spacial score (nSPS) is 10.8. The lowest BCUT2D eigenvalue weighted by molar-refractivity contribution is 0.288. The number of nitrogens with zero attached hydrogens (tertiary/aromatic N) is 2. The smallest absolute Gasteiger partial charge is 0.129 e. The van der Waals surface area contributed by atoms with Crippen molar-refractivity contribution in [2.45, 2.75) is 32.9 Å². The minimum Gasteiger partial charge on any atom is -0.396 e. The average molecular weight is 223 g/mol. The number of rotatable bonds is 6. The highest BCUT2D eigenvalue weighted by atomic mass is 16.3. The first-order valence-electron chi connectivity index (χ1n) is 5.71. The molecular weight excluding hydrogens is 202 g/mol. The first kappa shape index (κ1) is 12.9. The Morgan fingerprint density at radius 1 is 1.50 bits per heavy atom. The predicted molar refractivity (Wildman–Crippen MR) is 66.3 cm³/mol. The zero-order valence-corrected chi connectivity index (χ0v) is 10.1. The van der Waals surface area contributed by atoms with Gasteiger partial charge in [-0.05, 0) is 38.0 Å². The number of aromatic nitrogens is 1. The van der Waals surface area contributed by atoms with Crippen LogP contribution in [0.5, 0.6) is 0 Å². The van der Waals surface area contributed by atoms with Crippen molar-refractivity contribution in [2.75, 3.05) is 18.1 Å². The van der Waals surface area contributed by atoms with E-state index in [-0.39, 0.29) is 6.61 Å². The molecule has 0 aromatic carbocycles. The first-order valence-corrected chi connectivity index (χ1v) is 5.71. The molecule has 0 aliphatic carbocycles. The van der Waals surface area contributed by atoms with Crippen molar-refractivity contribution in [2.24, 2.45) is 5.73 Å². The lowest BCUT2D eigenvalue weighted by Gasteiger charge is -2.27. The van der Waals surface area contributed by atoms with Crippen molar-refractivity contribution in [3.8, 4) is 0 Å². The largest absolute Gasteiger partial charge is 0.396 e. The van der Waals surface area contributed by atoms with Crippen LogP contribution in [0.4, 0.5) is 5.82 Å². The molecule has 1 aromatic rings. The second-order valence-electron chi connectivity index (χ2n) is 4.09. The SMILES string of the molecule is CC(C)N(CCCO)c1cc(CN)ccn1. The minimum absolute atomic E-state index is 0.208. The van der Waals surface area contributed by atoms with Gasteiger partial charge in [-0.1, -0.05) is 0 Å². The van der Waals surface area contributed by atoms with Crippen LogP contribution in [0.1, 0.15) is 25.8 Å². The summed E-state index contributed by atoms with van der Waals surface area (Å²) >= 11 is 0. The van der Waals surface area contributed by atoms with Gasteiger partial charge in [0.1, 0.15) is 5.82 Å². The van der Waals surface area contributed by atoms with E-state index in [0.29, 0.717) is 12.6 Å². The summed E-state index contributed by atoms with van der Waals surface area (Å²) < 4.78 is 0. The Morgan fingerprint density at radius 3 is 2.81 bits per heavy atom. The fraction of sp³-hybridized carbons (Fsp3) is 0.583. The molecule has 0 spiro atoms. The van der Waals surface area contributed by atoms with E-state index in [9.17, 15) is 0 Å². The minimum atomic E-state index is 0.208. The maximum absolute atomic E-state index is 8.88. The van der Waals surface area contributed by atoms with Crippen LogP contribution < -0.4 is 10.6 Å². The van der Waals surface area contributed by atoms with Crippen molar-refractivity contribution < 1.29 is 5.11 Å². The van der Waals surface area contributed by atoms with Crippen molar-refractivity contribution in [3.05, 3.63) is 23.9 Å². The molecule has 0 saturated carbocycles. The molecule has 90 valence electrons. The Labute approximate surface area is 97.1 Å². The van der Waals surface area contributed by atoms with Gasteiger partial charge in [-0.2, -0.15) is 0 Å². The van der Waals surface area contributed by atoms with Gasteiger partial charge in [-0.15, -0.1) is 0 Å². The van der Waals surface area contributed by atoms with Crippen molar-refractivity contribution in [1.82, 2.24) is 4.98 Å². The zero-order chi connectivity index (χ0) is 12.0. The molecule has 1 aromatic heterocycles. The van der Waals surface area contributed by atoms with E-state index >= 15 is 0 Å². The van der Waals surface area contributed by atoms with Crippen LogP contribution >= 0.6 is 0 Å². The summed E-state index contributed by atoms with van der Waals surface area (Å²) in [6.07, 6.45) is 2.54. The number of nitrogens with two attached hydrogens (primary N) is 1. The molecule has 0 aliphatic rings. The van der Waals surface area contributed by atoms with Crippen molar-refractivity contribution >= 4 is 5.82 Å². The Kier molecular flexibility index (Phi) is 5.22. The maximum Gasteiger partial charge on any atom is 0.129 e. The topological polar surface area (TPSA) is 62.4 Å². The zero-order valence-electron chi connectivity index (χ0n) is 10.1. The number of anilines is 1. The molecule has 4 nitrogen and oxygen atoms in total. The van der Waals surface area contributed by atoms with Gasteiger partial charge in [0.25, 0.3) is 0 Å². The third-order valence-corrected chi connectivity index (χ3v) is 2.52. The molecule has 1 heterocycles. The lowest BCUT2D eigenvalue weighted by Crippen LogP contribution is -2.33. The molecule has 0 saturated heterocycles. The molecule has 0 radical (unpaired) electrons. The van der Waals surface area contributed by atoms with Gasteiger partial charge in [-0.25, -0.2) is 4.98 Å². The first-order chi connectivity index (χ1) is 7.69. The van der Waals surface area contributed by atoms with E-state index in [0.717, 1.165) is 24.3 Å². The van der Waals surface area contributed by atoms with Crippen LogP contribution in [0.25, 0.3) is 0 Å². The Hall–Kier alpha value is -1.13. The molecule has 4 heteroatoms. The highest BCUT2D eigenvalue weighted by Crippen LogP contribution is 2.15. The van der Waals surface area contributed by atoms with Crippen LogP contribution in [0.15, 0.2) is 18.3 Å². The monoisotopic (exact) mass is 223 g/mol. The quantitative estimate of drug-likeness (QED) is 0.759. The van der Waals surface area contributed by atoms with E-state index in [1.165, 1.54) is 0 Å². The highest BCUT2D eigenvalue weighted by Gasteiger charge is 2.11. The number of aliphatic hydroxyl groups is 1. The average Bonchev–Trinajstić information content (AvgIpc) is 2.29. The Morgan fingerprint density at radius 2 is 2.25 bits per heavy atom. The molecule has 0 aliphatic heterocycles. The summed E-state index contributed by atoms with van der Waals surface area (Å²) in [5, 5.41) is 8.88. The van der Waals surface area contributed by atoms with Gasteiger partial charge in [0.15, 0.2) is 0 Å². The third-order valence-electron chi connectivity index (χ3n) is 2.52. The second kappa shape index (κ2) is 6.45. The van der Waals surface area contributed by atoms with E-state index < -0.39 is 0 Å².